The van der Waals surface area contributed by atoms with Crippen LogP contribution in [-0.4, -0.2) is 47.0 Å². The van der Waals surface area contributed by atoms with Crippen molar-refractivity contribution in [1.82, 2.24) is 14.9 Å². The maximum absolute atomic E-state index is 13.2. The molecule has 8 nitrogen and oxygen atoms in total. The minimum Gasteiger partial charge on any atom is -0.421 e. The highest BCUT2D eigenvalue weighted by Crippen LogP contribution is 2.28. The van der Waals surface area contributed by atoms with E-state index in [0.717, 1.165) is 15.9 Å². The molecule has 0 aliphatic carbocycles. The molecule has 1 amide bonds. The molecule has 1 saturated heterocycles. The van der Waals surface area contributed by atoms with E-state index in [9.17, 15) is 9.59 Å². The molecule has 1 aliphatic heterocycles. The molecule has 2 aromatic carbocycles. The van der Waals surface area contributed by atoms with E-state index in [1.807, 2.05) is 55.1 Å². The molecule has 0 bridgehead atoms. The van der Waals surface area contributed by atoms with Crippen LogP contribution in [0.1, 0.15) is 21.6 Å². The van der Waals surface area contributed by atoms with Gasteiger partial charge in [-0.05, 0) is 60.1 Å². The molecule has 4 aromatic rings. The molecule has 36 heavy (non-hydrogen) atoms. The van der Waals surface area contributed by atoms with Gasteiger partial charge in [0, 0.05) is 53.5 Å². The number of carbonyl (C=O) groups excluding carboxylic acids is 1. The highest BCUT2D eigenvalue weighted by molar-refractivity contribution is 9.11. The Hall–Kier alpha value is -3.24. The fourth-order valence-corrected chi connectivity index (χ4v) is 5.47. The Balaban J connectivity index is 1.31. The van der Waals surface area contributed by atoms with Crippen molar-refractivity contribution in [2.45, 2.75) is 13.8 Å². The zero-order chi connectivity index (χ0) is 25.4. The molecule has 3 heterocycles. The number of nitrogens with zero attached hydrogens (tertiary/aromatic N) is 4. The van der Waals surface area contributed by atoms with Gasteiger partial charge in [-0.3, -0.25) is 4.79 Å². The minimum atomic E-state index is -0.646. The second kappa shape index (κ2) is 10.0. The lowest BCUT2D eigenvalue weighted by atomic mass is 10.1. The van der Waals surface area contributed by atoms with Gasteiger partial charge in [-0.1, -0.05) is 33.6 Å². The predicted octanol–water partition coefficient (Wildman–Crippen LogP) is 5.43. The fraction of sp³-hybridized carbons (Fsp3) is 0.231. The number of anilines is 3. The van der Waals surface area contributed by atoms with Crippen molar-refractivity contribution in [2.24, 2.45) is 0 Å². The van der Waals surface area contributed by atoms with Gasteiger partial charge in [0.1, 0.15) is 11.4 Å². The van der Waals surface area contributed by atoms with Crippen LogP contribution < -0.4 is 15.8 Å². The summed E-state index contributed by atoms with van der Waals surface area (Å²) in [7, 11) is 0. The molecule has 5 rings (SSSR count). The molecule has 10 heteroatoms. The number of benzene rings is 2. The molecule has 2 aromatic heterocycles. The van der Waals surface area contributed by atoms with Crippen molar-refractivity contribution in [1.29, 1.82) is 0 Å². The van der Waals surface area contributed by atoms with E-state index >= 15 is 0 Å². The van der Waals surface area contributed by atoms with Crippen LogP contribution in [0.25, 0.3) is 11.0 Å². The highest BCUT2D eigenvalue weighted by atomic mass is 79.9. The average molecular weight is 613 g/mol. The van der Waals surface area contributed by atoms with E-state index < -0.39 is 5.63 Å². The smallest absolute Gasteiger partial charge is 0.349 e. The van der Waals surface area contributed by atoms with Crippen molar-refractivity contribution < 1.29 is 9.21 Å². The Morgan fingerprint density at radius 3 is 2.42 bits per heavy atom. The first-order chi connectivity index (χ1) is 17.3. The van der Waals surface area contributed by atoms with Gasteiger partial charge >= 0.3 is 5.63 Å². The van der Waals surface area contributed by atoms with E-state index in [4.69, 9.17) is 9.40 Å². The van der Waals surface area contributed by atoms with Crippen LogP contribution >= 0.6 is 31.9 Å². The van der Waals surface area contributed by atoms with E-state index in [-0.39, 0.29) is 11.5 Å². The Kier molecular flexibility index (Phi) is 6.81. The minimum absolute atomic E-state index is 0.0253. The lowest BCUT2D eigenvalue weighted by Crippen LogP contribution is -2.50. The molecule has 1 N–H and O–H groups in total. The lowest BCUT2D eigenvalue weighted by molar-refractivity contribution is 0.0742. The van der Waals surface area contributed by atoms with Gasteiger partial charge in [0.05, 0.1) is 4.47 Å². The summed E-state index contributed by atoms with van der Waals surface area (Å²) in [5, 5.41) is 4.00. The van der Waals surface area contributed by atoms with Crippen molar-refractivity contribution >= 4 is 66.2 Å². The number of nitrogens with one attached hydrogen (secondary N) is 1. The van der Waals surface area contributed by atoms with Gasteiger partial charge in [-0.15, -0.1) is 0 Å². The van der Waals surface area contributed by atoms with Crippen LogP contribution in [0.3, 0.4) is 0 Å². The maximum Gasteiger partial charge on any atom is 0.349 e. The Morgan fingerprint density at radius 2 is 1.69 bits per heavy atom. The molecule has 184 valence electrons. The summed E-state index contributed by atoms with van der Waals surface area (Å²) in [4.78, 5) is 38.8. The predicted molar refractivity (Wildman–Crippen MR) is 147 cm³/mol. The third kappa shape index (κ3) is 5.15. The summed E-state index contributed by atoms with van der Waals surface area (Å²) < 4.78 is 6.92. The Labute approximate surface area is 224 Å². The van der Waals surface area contributed by atoms with Crippen molar-refractivity contribution in [3.05, 3.63) is 84.7 Å². The SMILES string of the molecule is Cc1ccc(Nc2cc(C)nc(N3CCN(C(=O)c4cc5cc(Br)cc(Br)c5oc4=O)CC3)n2)cc1. The summed E-state index contributed by atoms with van der Waals surface area (Å²) in [5.74, 6) is 0.982. The summed E-state index contributed by atoms with van der Waals surface area (Å²) in [6, 6.07) is 15.2. The van der Waals surface area contributed by atoms with Gasteiger partial charge in [0.25, 0.3) is 5.91 Å². The summed E-state index contributed by atoms with van der Waals surface area (Å²) in [6.45, 7) is 5.96. The van der Waals surface area contributed by atoms with Crippen molar-refractivity contribution in [2.75, 3.05) is 36.4 Å². The zero-order valence-electron chi connectivity index (χ0n) is 19.7. The van der Waals surface area contributed by atoms with Gasteiger partial charge in [-0.25, -0.2) is 9.78 Å². The number of fused-ring (bicyclic) bond motifs is 1. The third-order valence-corrected chi connectivity index (χ3v) is 7.05. The molecule has 0 spiro atoms. The van der Waals surface area contributed by atoms with E-state index in [1.54, 1.807) is 17.0 Å². The Bertz CT molecular complexity index is 1510. The van der Waals surface area contributed by atoms with Crippen LogP contribution in [0.4, 0.5) is 17.5 Å². The number of aromatic nitrogens is 2. The number of piperazine rings is 1. The van der Waals surface area contributed by atoms with Crippen molar-refractivity contribution in [3.63, 3.8) is 0 Å². The number of amides is 1. The summed E-state index contributed by atoms with van der Waals surface area (Å²) in [5.41, 5.74) is 2.78. The van der Waals surface area contributed by atoms with Crippen LogP contribution in [-0.2, 0) is 0 Å². The number of carbonyl (C=O) groups is 1. The van der Waals surface area contributed by atoms with Gasteiger partial charge < -0.3 is 19.5 Å². The molecular weight excluding hydrogens is 590 g/mol. The molecule has 0 unspecified atom stereocenters. The molecule has 0 saturated carbocycles. The quantitative estimate of drug-likeness (QED) is 0.307. The van der Waals surface area contributed by atoms with E-state index in [0.29, 0.717) is 53.4 Å². The van der Waals surface area contributed by atoms with Crippen LogP contribution in [0.5, 0.6) is 0 Å². The largest absolute Gasteiger partial charge is 0.421 e. The third-order valence-electron chi connectivity index (χ3n) is 6.00. The van der Waals surface area contributed by atoms with E-state index in [1.165, 1.54) is 5.56 Å². The van der Waals surface area contributed by atoms with Crippen LogP contribution in [0, 0.1) is 13.8 Å². The average Bonchev–Trinajstić information content (AvgIpc) is 2.85. The fourth-order valence-electron chi connectivity index (χ4n) is 4.13. The molecule has 1 fully saturated rings. The summed E-state index contributed by atoms with van der Waals surface area (Å²) >= 11 is 6.83. The van der Waals surface area contributed by atoms with E-state index in [2.05, 4.69) is 42.2 Å². The topological polar surface area (TPSA) is 91.6 Å². The summed E-state index contributed by atoms with van der Waals surface area (Å²) in [6.07, 6.45) is 0. The van der Waals surface area contributed by atoms with Gasteiger partial charge in [0.15, 0.2) is 5.58 Å². The number of hydrogen-bond donors (Lipinski definition) is 1. The van der Waals surface area contributed by atoms with Gasteiger partial charge in [0.2, 0.25) is 5.95 Å². The van der Waals surface area contributed by atoms with Crippen molar-refractivity contribution in [3.8, 4) is 0 Å². The molecular formula is C26H23Br2N5O3. The first kappa shape index (κ1) is 24.5. The maximum atomic E-state index is 13.2. The first-order valence-corrected chi connectivity index (χ1v) is 13.0. The first-order valence-electron chi connectivity index (χ1n) is 11.4. The molecule has 0 atom stereocenters. The number of aryl methyl sites for hydroxylation is 2. The molecule has 1 aliphatic rings. The normalized spacial score (nSPS) is 13.8. The van der Waals surface area contributed by atoms with Crippen LogP contribution in [0.2, 0.25) is 0 Å². The second-order valence-electron chi connectivity index (χ2n) is 8.72. The van der Waals surface area contributed by atoms with Gasteiger partial charge in [-0.2, -0.15) is 4.98 Å². The lowest BCUT2D eigenvalue weighted by Gasteiger charge is -2.34. The molecule has 0 radical (unpaired) electrons. The standard InChI is InChI=1S/C26H23Br2N5O3/c1-15-3-5-19(6-4-15)30-22-11-16(2)29-26(31-22)33-9-7-32(8-10-33)24(34)20-13-17-12-18(27)14-21(28)23(17)36-25(20)35/h3-6,11-14H,7-10H2,1-2H3,(H,29,30,31). The Morgan fingerprint density at radius 1 is 0.972 bits per heavy atom. The van der Waals surface area contributed by atoms with Crippen LogP contribution in [0.15, 0.2) is 66.7 Å². The number of hydrogen-bond acceptors (Lipinski definition) is 7. The number of halogens is 2. The number of rotatable bonds is 4. The monoisotopic (exact) mass is 611 g/mol. The second-order valence-corrected chi connectivity index (χ2v) is 10.5. The highest BCUT2D eigenvalue weighted by Gasteiger charge is 2.26. The zero-order valence-corrected chi connectivity index (χ0v) is 22.9.